The molecule has 0 fully saturated rings. The predicted octanol–water partition coefficient (Wildman–Crippen LogP) is 1.97. The highest BCUT2D eigenvalue weighted by molar-refractivity contribution is 5.69. The minimum atomic E-state index is -0.766. The monoisotopic (exact) mass is 226 g/mol. The molecule has 0 aromatic carbocycles. The minimum absolute atomic E-state index is 0.333. The normalized spacial score (nSPS) is 13.5. The summed E-state index contributed by atoms with van der Waals surface area (Å²) in [6.07, 6.45) is 0.768. The fourth-order valence-electron chi connectivity index (χ4n) is 1.34. The van der Waals surface area contributed by atoms with Gasteiger partial charge in [0.15, 0.2) is 0 Å². The van der Waals surface area contributed by atoms with Crippen molar-refractivity contribution in [2.45, 2.75) is 34.1 Å². The standard InChI is InChI=1S/C12H22N2O2/c1-5-14(8-10(2)11(15)16)7-6-12(3,4)9-13/h10H,5-8H2,1-4H3,(H,15,16). The first kappa shape index (κ1) is 14.9. The van der Waals surface area contributed by atoms with E-state index in [4.69, 9.17) is 10.4 Å². The molecule has 4 nitrogen and oxygen atoms in total. The second-order valence-electron chi connectivity index (χ2n) is 4.88. The summed E-state index contributed by atoms with van der Waals surface area (Å²) >= 11 is 0. The molecule has 0 aliphatic carbocycles. The van der Waals surface area contributed by atoms with Crippen LogP contribution in [0.15, 0.2) is 0 Å². The Labute approximate surface area is 97.9 Å². The first-order valence-electron chi connectivity index (χ1n) is 5.68. The summed E-state index contributed by atoms with van der Waals surface area (Å²) < 4.78 is 0. The molecule has 0 rings (SSSR count). The van der Waals surface area contributed by atoms with Gasteiger partial charge in [0.1, 0.15) is 0 Å². The fraction of sp³-hybridized carbons (Fsp3) is 0.833. The Kier molecular flexibility index (Phi) is 6.05. The molecule has 0 bridgehead atoms. The molecule has 1 atom stereocenters. The van der Waals surface area contributed by atoms with E-state index < -0.39 is 5.97 Å². The summed E-state index contributed by atoms with van der Waals surface area (Å²) in [5.74, 6) is -1.12. The van der Waals surface area contributed by atoms with Gasteiger partial charge in [-0.15, -0.1) is 0 Å². The Hall–Kier alpha value is -1.08. The number of aliphatic carboxylic acids is 1. The van der Waals surface area contributed by atoms with E-state index in [0.717, 1.165) is 19.5 Å². The van der Waals surface area contributed by atoms with Crippen LogP contribution in [0, 0.1) is 22.7 Å². The second kappa shape index (κ2) is 6.49. The molecule has 1 unspecified atom stereocenters. The average molecular weight is 226 g/mol. The molecular weight excluding hydrogens is 204 g/mol. The van der Waals surface area contributed by atoms with Crippen LogP contribution in [0.5, 0.6) is 0 Å². The van der Waals surface area contributed by atoms with Gasteiger partial charge in [0.25, 0.3) is 0 Å². The first-order valence-corrected chi connectivity index (χ1v) is 5.68. The largest absolute Gasteiger partial charge is 0.481 e. The molecule has 0 radical (unpaired) electrons. The second-order valence-corrected chi connectivity index (χ2v) is 4.88. The molecule has 0 aromatic rings. The number of carboxylic acids is 1. The van der Waals surface area contributed by atoms with E-state index in [1.807, 2.05) is 20.8 Å². The summed E-state index contributed by atoms with van der Waals surface area (Å²) in [4.78, 5) is 12.8. The van der Waals surface area contributed by atoms with Crippen molar-refractivity contribution in [2.75, 3.05) is 19.6 Å². The molecule has 0 aliphatic rings. The van der Waals surface area contributed by atoms with E-state index in [9.17, 15) is 4.79 Å². The summed E-state index contributed by atoms with van der Waals surface area (Å²) in [5.41, 5.74) is -0.333. The van der Waals surface area contributed by atoms with Gasteiger partial charge >= 0.3 is 5.97 Å². The maximum absolute atomic E-state index is 10.7. The van der Waals surface area contributed by atoms with Crippen LogP contribution < -0.4 is 0 Å². The van der Waals surface area contributed by atoms with Gasteiger partial charge in [0, 0.05) is 6.54 Å². The van der Waals surface area contributed by atoms with E-state index >= 15 is 0 Å². The molecule has 16 heavy (non-hydrogen) atoms. The number of nitriles is 1. The minimum Gasteiger partial charge on any atom is -0.481 e. The number of nitrogens with zero attached hydrogens (tertiary/aromatic N) is 2. The molecule has 1 N–H and O–H groups in total. The highest BCUT2D eigenvalue weighted by Gasteiger charge is 2.20. The summed E-state index contributed by atoms with van der Waals surface area (Å²) in [5, 5.41) is 17.7. The van der Waals surface area contributed by atoms with Crippen molar-refractivity contribution in [3.8, 4) is 6.07 Å². The van der Waals surface area contributed by atoms with Crippen molar-refractivity contribution in [1.82, 2.24) is 4.90 Å². The Morgan fingerprint density at radius 3 is 2.50 bits per heavy atom. The Bertz CT molecular complexity index is 269. The molecule has 0 heterocycles. The lowest BCUT2D eigenvalue weighted by atomic mass is 9.91. The van der Waals surface area contributed by atoms with E-state index in [0.29, 0.717) is 6.54 Å². The highest BCUT2D eigenvalue weighted by atomic mass is 16.4. The molecule has 92 valence electrons. The maximum atomic E-state index is 10.7. The maximum Gasteiger partial charge on any atom is 0.307 e. The van der Waals surface area contributed by atoms with Crippen molar-refractivity contribution >= 4 is 5.97 Å². The molecule has 0 saturated carbocycles. The van der Waals surface area contributed by atoms with E-state index in [1.54, 1.807) is 6.92 Å². The predicted molar refractivity (Wildman–Crippen MR) is 62.9 cm³/mol. The van der Waals surface area contributed by atoms with Gasteiger partial charge in [0.2, 0.25) is 0 Å². The molecule has 0 saturated heterocycles. The topological polar surface area (TPSA) is 64.3 Å². The SMILES string of the molecule is CCN(CCC(C)(C)C#N)CC(C)C(=O)O. The lowest BCUT2D eigenvalue weighted by Crippen LogP contribution is -2.34. The summed E-state index contributed by atoms with van der Waals surface area (Å²) in [6, 6.07) is 2.25. The van der Waals surface area contributed by atoms with E-state index in [1.165, 1.54) is 0 Å². The van der Waals surface area contributed by atoms with Crippen LogP contribution in [0.4, 0.5) is 0 Å². The summed E-state index contributed by atoms with van der Waals surface area (Å²) in [7, 11) is 0. The lowest BCUT2D eigenvalue weighted by Gasteiger charge is -2.25. The third-order valence-electron chi connectivity index (χ3n) is 2.76. The van der Waals surface area contributed by atoms with Gasteiger partial charge in [0.05, 0.1) is 17.4 Å². The smallest absolute Gasteiger partial charge is 0.307 e. The highest BCUT2D eigenvalue weighted by Crippen LogP contribution is 2.19. The number of carboxylic acid groups (broad SMARTS) is 1. The number of hydrogen-bond acceptors (Lipinski definition) is 3. The molecule has 0 aromatic heterocycles. The van der Waals surface area contributed by atoms with Crippen molar-refractivity contribution in [3.63, 3.8) is 0 Å². The van der Waals surface area contributed by atoms with Gasteiger partial charge in [-0.3, -0.25) is 4.79 Å². The van der Waals surface area contributed by atoms with Gasteiger partial charge < -0.3 is 10.0 Å². The van der Waals surface area contributed by atoms with Crippen molar-refractivity contribution in [2.24, 2.45) is 11.3 Å². The Balaban J connectivity index is 4.13. The van der Waals surface area contributed by atoms with Crippen molar-refractivity contribution in [3.05, 3.63) is 0 Å². The molecule has 0 spiro atoms. The Morgan fingerprint density at radius 1 is 1.56 bits per heavy atom. The third kappa shape index (κ3) is 5.72. The molecule has 4 heteroatoms. The van der Waals surface area contributed by atoms with Crippen LogP contribution in [-0.2, 0) is 4.79 Å². The number of hydrogen-bond donors (Lipinski definition) is 1. The quantitative estimate of drug-likeness (QED) is 0.720. The van der Waals surface area contributed by atoms with Crippen LogP contribution >= 0.6 is 0 Å². The number of rotatable bonds is 7. The van der Waals surface area contributed by atoms with Gasteiger partial charge in [-0.2, -0.15) is 5.26 Å². The van der Waals surface area contributed by atoms with Gasteiger partial charge in [-0.05, 0) is 33.4 Å². The molecule has 0 aliphatic heterocycles. The van der Waals surface area contributed by atoms with Crippen LogP contribution in [-0.4, -0.2) is 35.6 Å². The van der Waals surface area contributed by atoms with Crippen LogP contribution in [0.25, 0.3) is 0 Å². The van der Waals surface area contributed by atoms with Gasteiger partial charge in [-0.25, -0.2) is 0 Å². The van der Waals surface area contributed by atoms with Crippen molar-refractivity contribution < 1.29 is 9.90 Å². The number of carbonyl (C=O) groups is 1. The summed E-state index contributed by atoms with van der Waals surface area (Å²) in [6.45, 7) is 9.67. The van der Waals surface area contributed by atoms with Crippen LogP contribution in [0.1, 0.15) is 34.1 Å². The first-order chi connectivity index (χ1) is 7.32. The van der Waals surface area contributed by atoms with E-state index in [2.05, 4.69) is 11.0 Å². The third-order valence-corrected chi connectivity index (χ3v) is 2.76. The Morgan fingerprint density at radius 2 is 2.12 bits per heavy atom. The van der Waals surface area contributed by atoms with Crippen LogP contribution in [0.2, 0.25) is 0 Å². The van der Waals surface area contributed by atoms with Gasteiger partial charge in [-0.1, -0.05) is 13.8 Å². The van der Waals surface area contributed by atoms with E-state index in [-0.39, 0.29) is 11.3 Å². The van der Waals surface area contributed by atoms with Crippen LogP contribution in [0.3, 0.4) is 0 Å². The zero-order valence-electron chi connectivity index (χ0n) is 10.7. The molecule has 0 amide bonds. The van der Waals surface area contributed by atoms with Crippen molar-refractivity contribution in [1.29, 1.82) is 5.26 Å². The zero-order valence-corrected chi connectivity index (χ0v) is 10.7. The molecular formula is C12H22N2O2. The lowest BCUT2D eigenvalue weighted by molar-refractivity contribution is -0.141. The average Bonchev–Trinajstić information content (AvgIpc) is 2.23. The zero-order chi connectivity index (χ0) is 12.8. The fourth-order valence-corrected chi connectivity index (χ4v) is 1.34.